The van der Waals surface area contributed by atoms with Crippen LogP contribution in [0, 0.1) is 12.8 Å². The molecular formula is C17H24ClN5O. The van der Waals surface area contributed by atoms with Crippen LogP contribution in [0.1, 0.15) is 37.1 Å². The molecule has 0 aliphatic carbocycles. The van der Waals surface area contributed by atoms with Gasteiger partial charge in [0.15, 0.2) is 5.82 Å². The molecule has 24 heavy (non-hydrogen) atoms. The second-order valence-electron chi connectivity index (χ2n) is 6.27. The fourth-order valence-electron chi connectivity index (χ4n) is 2.45. The maximum absolute atomic E-state index is 12.6. The van der Waals surface area contributed by atoms with Crippen molar-refractivity contribution in [3.8, 4) is 0 Å². The van der Waals surface area contributed by atoms with Crippen LogP contribution < -0.4 is 5.32 Å². The number of aromatic nitrogens is 3. The van der Waals surface area contributed by atoms with Gasteiger partial charge in [0.1, 0.15) is 5.82 Å². The lowest BCUT2D eigenvalue weighted by atomic mass is 9.96. The normalized spacial score (nSPS) is 12.3. The zero-order valence-corrected chi connectivity index (χ0v) is 15.5. The molecule has 2 rings (SSSR count). The SMILES string of the molecule is Cc1nnc(CN(C)C(=O)NC(c2ccccc2Cl)C(C)C)n1C. The molecule has 1 unspecified atom stereocenters. The fourth-order valence-corrected chi connectivity index (χ4v) is 2.70. The van der Waals surface area contributed by atoms with Gasteiger partial charge in [-0.2, -0.15) is 0 Å². The number of benzene rings is 1. The topological polar surface area (TPSA) is 63.1 Å². The number of aryl methyl sites for hydroxylation is 1. The minimum absolute atomic E-state index is 0.158. The van der Waals surface area contributed by atoms with E-state index < -0.39 is 0 Å². The van der Waals surface area contributed by atoms with Crippen LogP contribution in [0.25, 0.3) is 0 Å². The van der Waals surface area contributed by atoms with E-state index in [4.69, 9.17) is 11.6 Å². The predicted molar refractivity (Wildman–Crippen MR) is 94.8 cm³/mol. The van der Waals surface area contributed by atoms with Crippen LogP contribution in [-0.2, 0) is 13.6 Å². The summed E-state index contributed by atoms with van der Waals surface area (Å²) in [4.78, 5) is 14.2. The molecule has 1 aromatic carbocycles. The Labute approximate surface area is 147 Å². The van der Waals surface area contributed by atoms with Crippen molar-refractivity contribution < 1.29 is 4.79 Å². The van der Waals surface area contributed by atoms with Crippen molar-refractivity contribution >= 4 is 17.6 Å². The van der Waals surface area contributed by atoms with Crippen molar-refractivity contribution in [3.05, 3.63) is 46.5 Å². The van der Waals surface area contributed by atoms with E-state index in [0.717, 1.165) is 17.2 Å². The number of carbonyl (C=O) groups excluding carboxylic acids is 1. The maximum atomic E-state index is 12.6. The minimum Gasteiger partial charge on any atom is -0.331 e. The van der Waals surface area contributed by atoms with Gasteiger partial charge in [0.2, 0.25) is 0 Å². The van der Waals surface area contributed by atoms with E-state index in [1.165, 1.54) is 0 Å². The van der Waals surface area contributed by atoms with Gasteiger partial charge in [-0.25, -0.2) is 4.79 Å². The molecule has 0 aliphatic heterocycles. The Kier molecular flexibility index (Phi) is 5.83. The van der Waals surface area contributed by atoms with Crippen LogP contribution in [0.5, 0.6) is 0 Å². The first-order chi connectivity index (χ1) is 11.3. The number of urea groups is 1. The summed E-state index contributed by atoms with van der Waals surface area (Å²) in [6.07, 6.45) is 0. The smallest absolute Gasteiger partial charge is 0.318 e. The number of rotatable bonds is 5. The lowest BCUT2D eigenvalue weighted by Gasteiger charge is -2.27. The molecule has 0 saturated heterocycles. The second kappa shape index (κ2) is 7.66. The summed E-state index contributed by atoms with van der Waals surface area (Å²) in [6.45, 7) is 6.37. The van der Waals surface area contributed by atoms with E-state index in [-0.39, 0.29) is 18.0 Å². The molecule has 2 amide bonds. The van der Waals surface area contributed by atoms with Crippen LogP contribution in [0.15, 0.2) is 24.3 Å². The summed E-state index contributed by atoms with van der Waals surface area (Å²) in [6, 6.07) is 7.26. The van der Waals surface area contributed by atoms with E-state index in [1.807, 2.05) is 42.8 Å². The van der Waals surface area contributed by atoms with Crippen LogP contribution >= 0.6 is 11.6 Å². The maximum Gasteiger partial charge on any atom is 0.318 e. The van der Waals surface area contributed by atoms with Gasteiger partial charge < -0.3 is 14.8 Å². The zero-order chi connectivity index (χ0) is 17.9. The fraction of sp³-hybridized carbons (Fsp3) is 0.471. The lowest BCUT2D eigenvalue weighted by Crippen LogP contribution is -2.41. The Balaban J connectivity index is 2.10. The molecule has 1 aromatic heterocycles. The molecular weight excluding hydrogens is 326 g/mol. The Morgan fingerprint density at radius 2 is 2.00 bits per heavy atom. The average molecular weight is 350 g/mol. The van der Waals surface area contributed by atoms with Crippen molar-refractivity contribution in [1.29, 1.82) is 0 Å². The summed E-state index contributed by atoms with van der Waals surface area (Å²) in [5, 5.41) is 11.8. The summed E-state index contributed by atoms with van der Waals surface area (Å²) in [5.41, 5.74) is 0.922. The number of hydrogen-bond donors (Lipinski definition) is 1. The molecule has 2 aromatic rings. The molecule has 130 valence electrons. The first-order valence-corrected chi connectivity index (χ1v) is 8.30. The Hall–Kier alpha value is -2.08. The first kappa shape index (κ1) is 18.3. The van der Waals surface area contributed by atoms with Crippen molar-refractivity contribution in [3.63, 3.8) is 0 Å². The quantitative estimate of drug-likeness (QED) is 0.900. The summed E-state index contributed by atoms with van der Waals surface area (Å²) in [7, 11) is 3.63. The third-order valence-electron chi connectivity index (χ3n) is 4.09. The van der Waals surface area contributed by atoms with E-state index in [9.17, 15) is 4.79 Å². The second-order valence-corrected chi connectivity index (χ2v) is 6.68. The molecule has 0 aliphatic rings. The van der Waals surface area contributed by atoms with Gasteiger partial charge in [0.25, 0.3) is 0 Å². The van der Waals surface area contributed by atoms with E-state index in [1.54, 1.807) is 11.9 Å². The van der Waals surface area contributed by atoms with Gasteiger partial charge in [-0.15, -0.1) is 10.2 Å². The Bertz CT molecular complexity index is 713. The van der Waals surface area contributed by atoms with Crippen molar-refractivity contribution in [2.45, 2.75) is 33.4 Å². The largest absolute Gasteiger partial charge is 0.331 e. The monoisotopic (exact) mass is 349 g/mol. The van der Waals surface area contributed by atoms with Crippen LogP contribution in [0.4, 0.5) is 4.79 Å². The van der Waals surface area contributed by atoms with E-state index >= 15 is 0 Å². The van der Waals surface area contributed by atoms with Crippen LogP contribution in [-0.4, -0.2) is 32.7 Å². The van der Waals surface area contributed by atoms with Gasteiger partial charge in [-0.3, -0.25) is 0 Å². The number of nitrogens with zero attached hydrogens (tertiary/aromatic N) is 4. The number of amides is 2. The lowest BCUT2D eigenvalue weighted by molar-refractivity contribution is 0.197. The molecule has 0 saturated carbocycles. The van der Waals surface area contributed by atoms with Crippen LogP contribution in [0.3, 0.4) is 0 Å². The molecule has 1 N–H and O–H groups in total. The number of nitrogens with one attached hydrogen (secondary N) is 1. The summed E-state index contributed by atoms with van der Waals surface area (Å²) < 4.78 is 1.87. The highest BCUT2D eigenvalue weighted by Gasteiger charge is 2.23. The van der Waals surface area contributed by atoms with Crippen molar-refractivity contribution in [2.75, 3.05) is 7.05 Å². The van der Waals surface area contributed by atoms with Gasteiger partial charge in [-0.05, 0) is 24.5 Å². The third kappa shape index (κ3) is 4.06. The molecule has 7 heteroatoms. The minimum atomic E-state index is -0.172. The molecule has 6 nitrogen and oxygen atoms in total. The van der Waals surface area contributed by atoms with Gasteiger partial charge in [0, 0.05) is 19.1 Å². The standard InChI is InChI=1S/C17H24ClN5O/c1-11(2)16(13-8-6-7-9-14(13)18)19-17(24)22(4)10-15-21-20-12(3)23(15)5/h6-9,11,16H,10H2,1-5H3,(H,19,24). The number of halogens is 1. The summed E-state index contributed by atoms with van der Waals surface area (Å²) >= 11 is 6.29. The van der Waals surface area contributed by atoms with E-state index in [0.29, 0.717) is 11.6 Å². The molecule has 0 fully saturated rings. The predicted octanol–water partition coefficient (Wildman–Crippen LogP) is 3.32. The van der Waals surface area contributed by atoms with Gasteiger partial charge in [0.05, 0.1) is 12.6 Å². The van der Waals surface area contributed by atoms with Gasteiger partial charge >= 0.3 is 6.03 Å². The number of hydrogen-bond acceptors (Lipinski definition) is 3. The van der Waals surface area contributed by atoms with Crippen LogP contribution in [0.2, 0.25) is 5.02 Å². The molecule has 0 spiro atoms. The first-order valence-electron chi connectivity index (χ1n) is 7.92. The molecule has 1 atom stereocenters. The highest BCUT2D eigenvalue weighted by Crippen LogP contribution is 2.28. The van der Waals surface area contributed by atoms with Gasteiger partial charge in [-0.1, -0.05) is 43.6 Å². The molecule has 0 bridgehead atoms. The van der Waals surface area contributed by atoms with Crippen molar-refractivity contribution in [2.24, 2.45) is 13.0 Å². The molecule has 1 heterocycles. The third-order valence-corrected chi connectivity index (χ3v) is 4.44. The Morgan fingerprint density at radius 1 is 1.33 bits per heavy atom. The van der Waals surface area contributed by atoms with Crippen molar-refractivity contribution in [1.82, 2.24) is 25.0 Å². The average Bonchev–Trinajstić information content (AvgIpc) is 2.85. The summed E-state index contributed by atoms with van der Waals surface area (Å²) in [5.74, 6) is 1.76. The number of carbonyl (C=O) groups is 1. The van der Waals surface area contributed by atoms with E-state index in [2.05, 4.69) is 29.4 Å². The Morgan fingerprint density at radius 3 is 2.54 bits per heavy atom. The highest BCUT2D eigenvalue weighted by atomic mass is 35.5. The molecule has 0 radical (unpaired) electrons. The highest BCUT2D eigenvalue weighted by molar-refractivity contribution is 6.31. The zero-order valence-electron chi connectivity index (χ0n) is 14.7.